The lowest BCUT2D eigenvalue weighted by Gasteiger charge is -2.23. The number of benzene rings is 2. The third kappa shape index (κ3) is 2.75. The Morgan fingerprint density at radius 2 is 1.29 bits per heavy atom. The van der Waals surface area contributed by atoms with E-state index in [4.69, 9.17) is 5.73 Å². The maximum atomic E-state index is 5.94. The van der Waals surface area contributed by atoms with Crippen LogP contribution >= 0.6 is 0 Å². The Labute approximate surface area is 103 Å². The minimum absolute atomic E-state index is 0.388. The molecule has 0 saturated carbocycles. The second-order valence-electron chi connectivity index (χ2n) is 4.45. The fourth-order valence-electron chi connectivity index (χ4n) is 2.32. The third-order valence-electron chi connectivity index (χ3n) is 3.41. The Morgan fingerprint density at radius 3 is 1.76 bits per heavy atom. The van der Waals surface area contributed by atoms with Gasteiger partial charge in [0.15, 0.2) is 0 Å². The van der Waals surface area contributed by atoms with Crippen molar-refractivity contribution in [3.8, 4) is 0 Å². The fourth-order valence-corrected chi connectivity index (χ4v) is 2.32. The van der Waals surface area contributed by atoms with Gasteiger partial charge in [0.25, 0.3) is 0 Å². The molecule has 0 aromatic heterocycles. The molecule has 2 N–H and O–H groups in total. The first kappa shape index (κ1) is 11.9. The summed E-state index contributed by atoms with van der Waals surface area (Å²) in [6.45, 7) is 2.93. The highest BCUT2D eigenvalue weighted by molar-refractivity contribution is 5.28. The number of nitrogens with two attached hydrogens (primary N) is 1. The Hall–Kier alpha value is -1.60. The zero-order valence-corrected chi connectivity index (χ0v) is 10.2. The lowest BCUT2D eigenvalue weighted by atomic mass is 9.83. The van der Waals surface area contributed by atoms with Crippen LogP contribution in [0, 0.1) is 0 Å². The predicted molar refractivity (Wildman–Crippen MR) is 73.1 cm³/mol. The maximum absolute atomic E-state index is 5.94. The summed E-state index contributed by atoms with van der Waals surface area (Å²) in [5.41, 5.74) is 8.62. The molecule has 1 heteroatoms. The molecule has 0 heterocycles. The van der Waals surface area contributed by atoms with Gasteiger partial charge in [-0.15, -0.1) is 0 Å². The summed E-state index contributed by atoms with van der Waals surface area (Å²) in [6.07, 6.45) is 0. The minimum Gasteiger partial charge on any atom is -0.330 e. The topological polar surface area (TPSA) is 26.0 Å². The van der Waals surface area contributed by atoms with E-state index in [1.54, 1.807) is 0 Å². The van der Waals surface area contributed by atoms with Crippen molar-refractivity contribution in [3.63, 3.8) is 0 Å². The van der Waals surface area contributed by atoms with Crippen LogP contribution in [0.4, 0.5) is 0 Å². The SMILES string of the molecule is CC(c1ccccc1)C(CN)c1ccccc1. The molecule has 88 valence electrons. The first-order valence-electron chi connectivity index (χ1n) is 6.13. The average molecular weight is 225 g/mol. The predicted octanol–water partition coefficient (Wildman–Crippen LogP) is 3.53. The van der Waals surface area contributed by atoms with Crippen LogP contribution in [0.15, 0.2) is 60.7 Å². The number of hydrogen-bond donors (Lipinski definition) is 1. The molecule has 2 aromatic rings. The molecule has 0 bridgehead atoms. The van der Waals surface area contributed by atoms with Gasteiger partial charge < -0.3 is 5.73 Å². The fraction of sp³-hybridized carbons (Fsp3) is 0.250. The summed E-state index contributed by atoms with van der Waals surface area (Å²) in [6, 6.07) is 21.1. The van der Waals surface area contributed by atoms with Gasteiger partial charge in [-0.3, -0.25) is 0 Å². The van der Waals surface area contributed by atoms with Gasteiger partial charge in [0.1, 0.15) is 0 Å². The van der Waals surface area contributed by atoms with E-state index in [0.717, 1.165) is 0 Å². The Bertz CT molecular complexity index is 436. The minimum atomic E-state index is 0.388. The molecule has 1 nitrogen and oxygen atoms in total. The van der Waals surface area contributed by atoms with Crippen molar-refractivity contribution in [3.05, 3.63) is 71.8 Å². The van der Waals surface area contributed by atoms with E-state index in [1.807, 2.05) is 6.07 Å². The van der Waals surface area contributed by atoms with Crippen LogP contribution in [0.3, 0.4) is 0 Å². The van der Waals surface area contributed by atoms with Gasteiger partial charge in [0, 0.05) is 5.92 Å². The van der Waals surface area contributed by atoms with Crippen LogP contribution in [0.1, 0.15) is 29.9 Å². The molecule has 0 aliphatic rings. The van der Waals surface area contributed by atoms with Crippen LogP contribution in [0.2, 0.25) is 0 Å². The third-order valence-corrected chi connectivity index (χ3v) is 3.41. The molecule has 2 rings (SSSR count). The first-order chi connectivity index (χ1) is 8.33. The van der Waals surface area contributed by atoms with Gasteiger partial charge in [-0.05, 0) is 23.6 Å². The maximum Gasteiger partial charge on any atom is 0.00273 e. The molecular formula is C16H19N. The molecule has 2 unspecified atom stereocenters. The molecule has 0 fully saturated rings. The van der Waals surface area contributed by atoms with Gasteiger partial charge in [-0.25, -0.2) is 0 Å². The van der Waals surface area contributed by atoms with Crippen molar-refractivity contribution in [2.24, 2.45) is 5.73 Å². The Balaban J connectivity index is 2.25. The molecule has 2 aromatic carbocycles. The molecule has 0 amide bonds. The highest BCUT2D eigenvalue weighted by Gasteiger charge is 2.18. The molecular weight excluding hydrogens is 206 g/mol. The number of hydrogen-bond acceptors (Lipinski definition) is 1. The van der Waals surface area contributed by atoms with E-state index in [9.17, 15) is 0 Å². The molecule has 2 atom stereocenters. The van der Waals surface area contributed by atoms with Gasteiger partial charge in [-0.1, -0.05) is 67.6 Å². The Morgan fingerprint density at radius 1 is 0.824 bits per heavy atom. The summed E-state index contributed by atoms with van der Waals surface area (Å²) >= 11 is 0. The second kappa shape index (κ2) is 5.65. The number of rotatable bonds is 4. The monoisotopic (exact) mass is 225 g/mol. The summed E-state index contributed by atoms with van der Waals surface area (Å²) in [5, 5.41) is 0. The van der Waals surface area contributed by atoms with Gasteiger partial charge in [-0.2, -0.15) is 0 Å². The summed E-state index contributed by atoms with van der Waals surface area (Å²) in [4.78, 5) is 0. The van der Waals surface area contributed by atoms with Gasteiger partial charge >= 0.3 is 0 Å². The zero-order chi connectivity index (χ0) is 12.1. The molecule has 0 aliphatic heterocycles. The van der Waals surface area contributed by atoms with Crippen molar-refractivity contribution in [1.82, 2.24) is 0 Å². The highest BCUT2D eigenvalue weighted by Crippen LogP contribution is 2.31. The quantitative estimate of drug-likeness (QED) is 0.846. The molecule has 0 radical (unpaired) electrons. The van der Waals surface area contributed by atoms with E-state index < -0.39 is 0 Å². The first-order valence-corrected chi connectivity index (χ1v) is 6.13. The smallest absolute Gasteiger partial charge is 0.00273 e. The van der Waals surface area contributed by atoms with Crippen molar-refractivity contribution >= 4 is 0 Å². The molecule has 0 spiro atoms. The zero-order valence-electron chi connectivity index (χ0n) is 10.2. The largest absolute Gasteiger partial charge is 0.330 e. The van der Waals surface area contributed by atoms with Crippen molar-refractivity contribution in [2.75, 3.05) is 6.54 Å². The van der Waals surface area contributed by atoms with Crippen molar-refractivity contribution in [1.29, 1.82) is 0 Å². The van der Waals surface area contributed by atoms with Crippen LogP contribution in [0.5, 0.6) is 0 Å². The second-order valence-corrected chi connectivity index (χ2v) is 4.45. The van der Waals surface area contributed by atoms with E-state index in [-0.39, 0.29) is 0 Å². The van der Waals surface area contributed by atoms with Crippen LogP contribution in [-0.2, 0) is 0 Å². The molecule has 17 heavy (non-hydrogen) atoms. The van der Waals surface area contributed by atoms with Gasteiger partial charge in [0.2, 0.25) is 0 Å². The van der Waals surface area contributed by atoms with Crippen LogP contribution < -0.4 is 5.73 Å². The van der Waals surface area contributed by atoms with E-state index in [2.05, 4.69) is 61.5 Å². The van der Waals surface area contributed by atoms with E-state index in [0.29, 0.717) is 18.4 Å². The summed E-state index contributed by atoms with van der Waals surface area (Å²) in [7, 11) is 0. The van der Waals surface area contributed by atoms with Crippen LogP contribution in [-0.4, -0.2) is 6.54 Å². The highest BCUT2D eigenvalue weighted by atomic mass is 14.6. The average Bonchev–Trinajstić information content (AvgIpc) is 2.42. The van der Waals surface area contributed by atoms with E-state index >= 15 is 0 Å². The Kier molecular flexibility index (Phi) is 3.94. The lowest BCUT2D eigenvalue weighted by Crippen LogP contribution is -2.18. The van der Waals surface area contributed by atoms with Crippen LogP contribution in [0.25, 0.3) is 0 Å². The van der Waals surface area contributed by atoms with Crippen molar-refractivity contribution in [2.45, 2.75) is 18.8 Å². The standard InChI is InChI=1S/C16H19N/c1-13(14-8-4-2-5-9-14)16(12-17)15-10-6-3-7-11-15/h2-11,13,16H,12,17H2,1H3. The van der Waals surface area contributed by atoms with Gasteiger partial charge in [0.05, 0.1) is 0 Å². The summed E-state index contributed by atoms with van der Waals surface area (Å²) in [5.74, 6) is 0.835. The van der Waals surface area contributed by atoms with Crippen molar-refractivity contribution < 1.29 is 0 Å². The molecule has 0 saturated heterocycles. The molecule has 0 aliphatic carbocycles. The lowest BCUT2D eigenvalue weighted by molar-refractivity contribution is 0.584. The normalized spacial score (nSPS) is 14.2. The van der Waals surface area contributed by atoms with E-state index in [1.165, 1.54) is 11.1 Å². The summed E-state index contributed by atoms with van der Waals surface area (Å²) < 4.78 is 0.